The number of aromatic nitrogens is 4. The summed E-state index contributed by atoms with van der Waals surface area (Å²) >= 11 is 0. The lowest BCUT2D eigenvalue weighted by molar-refractivity contribution is -0.402. The molecule has 0 aromatic carbocycles. The molecule has 0 aliphatic heterocycles. The SMILES string of the molecule is CCc1cc(=O)[nH]c(-n2nc(-c3ccco3)cc2NC(=O)c2ccc([N+](=O)[O-])o2)n1. The van der Waals surface area contributed by atoms with Crippen molar-refractivity contribution in [2.75, 3.05) is 5.32 Å². The Labute approximate surface area is 167 Å². The molecule has 0 aliphatic carbocycles. The van der Waals surface area contributed by atoms with Gasteiger partial charge in [-0.25, -0.2) is 4.98 Å². The van der Waals surface area contributed by atoms with E-state index >= 15 is 0 Å². The van der Waals surface area contributed by atoms with Crippen LogP contribution >= 0.6 is 0 Å². The molecule has 4 heterocycles. The minimum Gasteiger partial charge on any atom is -0.463 e. The van der Waals surface area contributed by atoms with Gasteiger partial charge in [0.15, 0.2) is 11.5 Å². The van der Waals surface area contributed by atoms with Crippen molar-refractivity contribution >= 4 is 17.6 Å². The molecule has 4 aromatic rings. The van der Waals surface area contributed by atoms with Crippen LogP contribution in [0.1, 0.15) is 23.2 Å². The number of nitrogens with zero attached hydrogens (tertiary/aromatic N) is 4. The first-order valence-corrected chi connectivity index (χ1v) is 8.74. The summed E-state index contributed by atoms with van der Waals surface area (Å²) in [5, 5.41) is 17.7. The van der Waals surface area contributed by atoms with Crippen LogP contribution in [-0.4, -0.2) is 30.6 Å². The molecule has 1 amide bonds. The van der Waals surface area contributed by atoms with E-state index in [1.807, 2.05) is 6.92 Å². The van der Waals surface area contributed by atoms with Crippen molar-refractivity contribution in [1.29, 1.82) is 0 Å². The number of carbonyl (C=O) groups is 1. The fourth-order valence-electron chi connectivity index (χ4n) is 2.68. The van der Waals surface area contributed by atoms with Crippen molar-refractivity contribution in [1.82, 2.24) is 19.7 Å². The normalized spacial score (nSPS) is 10.8. The van der Waals surface area contributed by atoms with E-state index in [9.17, 15) is 19.7 Å². The highest BCUT2D eigenvalue weighted by molar-refractivity contribution is 6.02. The molecule has 0 radical (unpaired) electrons. The first kappa shape index (κ1) is 18.9. The smallest absolute Gasteiger partial charge is 0.433 e. The lowest BCUT2D eigenvalue weighted by Crippen LogP contribution is -2.19. The molecule has 0 saturated heterocycles. The van der Waals surface area contributed by atoms with Gasteiger partial charge in [-0.3, -0.25) is 24.7 Å². The summed E-state index contributed by atoms with van der Waals surface area (Å²) in [6.45, 7) is 1.84. The third kappa shape index (κ3) is 3.61. The van der Waals surface area contributed by atoms with Crippen LogP contribution in [-0.2, 0) is 6.42 Å². The van der Waals surface area contributed by atoms with Crippen molar-refractivity contribution in [2.45, 2.75) is 13.3 Å². The Morgan fingerprint density at radius 1 is 1.33 bits per heavy atom. The lowest BCUT2D eigenvalue weighted by atomic mass is 10.3. The topological polar surface area (TPSA) is 162 Å². The number of anilines is 1. The van der Waals surface area contributed by atoms with Crippen molar-refractivity contribution < 1.29 is 18.6 Å². The average Bonchev–Trinajstić information content (AvgIpc) is 3.46. The van der Waals surface area contributed by atoms with Gasteiger partial charge in [-0.1, -0.05) is 6.92 Å². The molecule has 0 aliphatic rings. The number of furan rings is 2. The second-order valence-corrected chi connectivity index (χ2v) is 6.07. The summed E-state index contributed by atoms with van der Waals surface area (Å²) in [6.07, 6.45) is 1.98. The number of amides is 1. The number of H-pyrrole nitrogens is 1. The molecule has 0 spiro atoms. The summed E-state index contributed by atoms with van der Waals surface area (Å²) in [6, 6.07) is 8.47. The minimum atomic E-state index is -0.749. The number of carbonyl (C=O) groups excluding carboxylic acids is 1. The van der Waals surface area contributed by atoms with Crippen LogP contribution in [0.5, 0.6) is 0 Å². The van der Waals surface area contributed by atoms with Gasteiger partial charge >= 0.3 is 5.88 Å². The van der Waals surface area contributed by atoms with E-state index < -0.39 is 16.7 Å². The number of hydrogen-bond donors (Lipinski definition) is 2. The first-order chi connectivity index (χ1) is 14.4. The van der Waals surface area contributed by atoms with Crippen LogP contribution in [0, 0.1) is 10.1 Å². The van der Waals surface area contributed by atoms with Gasteiger partial charge in [0, 0.05) is 17.8 Å². The molecular weight excluding hydrogens is 396 g/mol. The maximum absolute atomic E-state index is 12.5. The number of aryl methyl sites for hydroxylation is 1. The predicted molar refractivity (Wildman–Crippen MR) is 102 cm³/mol. The van der Waals surface area contributed by atoms with Crippen molar-refractivity contribution in [3.63, 3.8) is 0 Å². The Kier molecular flexibility index (Phi) is 4.72. The Bertz CT molecular complexity index is 1280. The van der Waals surface area contributed by atoms with Crippen molar-refractivity contribution in [3.8, 4) is 17.4 Å². The van der Waals surface area contributed by atoms with Crippen LogP contribution in [0.3, 0.4) is 0 Å². The fraction of sp³-hybridized carbons (Fsp3) is 0.111. The quantitative estimate of drug-likeness (QED) is 0.362. The Morgan fingerprint density at radius 2 is 2.17 bits per heavy atom. The Balaban J connectivity index is 1.76. The Morgan fingerprint density at radius 3 is 2.83 bits per heavy atom. The number of hydrogen-bond acceptors (Lipinski definition) is 8. The van der Waals surface area contributed by atoms with Crippen molar-refractivity contribution in [2.24, 2.45) is 0 Å². The molecule has 0 atom stereocenters. The molecule has 30 heavy (non-hydrogen) atoms. The molecule has 0 saturated carbocycles. The highest BCUT2D eigenvalue weighted by Crippen LogP contribution is 2.25. The van der Waals surface area contributed by atoms with Gasteiger partial charge in [-0.2, -0.15) is 9.78 Å². The largest absolute Gasteiger partial charge is 0.463 e. The molecule has 0 unspecified atom stereocenters. The molecule has 0 bridgehead atoms. The van der Waals surface area contributed by atoms with Crippen LogP contribution in [0.15, 0.2) is 56.3 Å². The molecule has 12 nitrogen and oxygen atoms in total. The molecule has 12 heteroatoms. The van der Waals surface area contributed by atoms with E-state index in [1.54, 1.807) is 12.1 Å². The van der Waals surface area contributed by atoms with Crippen LogP contribution in [0.4, 0.5) is 11.7 Å². The lowest BCUT2D eigenvalue weighted by Gasteiger charge is -2.07. The number of aromatic amines is 1. The summed E-state index contributed by atoms with van der Waals surface area (Å²) in [7, 11) is 0. The van der Waals surface area contributed by atoms with E-state index in [2.05, 4.69) is 20.4 Å². The van der Waals surface area contributed by atoms with E-state index in [4.69, 9.17) is 8.83 Å². The predicted octanol–water partition coefficient (Wildman–Crippen LogP) is 2.53. The van der Waals surface area contributed by atoms with Gasteiger partial charge in [-0.05, 0) is 24.6 Å². The number of nitrogens with one attached hydrogen (secondary N) is 2. The molecule has 2 N–H and O–H groups in total. The number of rotatable bonds is 6. The summed E-state index contributed by atoms with van der Waals surface area (Å²) < 4.78 is 11.5. The fourth-order valence-corrected chi connectivity index (χ4v) is 2.68. The van der Waals surface area contributed by atoms with Gasteiger partial charge in [0.25, 0.3) is 11.5 Å². The second kappa shape index (κ2) is 7.50. The summed E-state index contributed by atoms with van der Waals surface area (Å²) in [4.78, 5) is 41.4. The van der Waals surface area contributed by atoms with E-state index in [0.29, 0.717) is 23.6 Å². The molecule has 4 rings (SSSR count). The minimum absolute atomic E-state index is 0.0814. The first-order valence-electron chi connectivity index (χ1n) is 8.74. The van der Waals surface area contributed by atoms with Gasteiger partial charge in [0.1, 0.15) is 16.4 Å². The molecule has 152 valence electrons. The molecule has 4 aromatic heterocycles. The maximum Gasteiger partial charge on any atom is 0.433 e. The van der Waals surface area contributed by atoms with E-state index in [-0.39, 0.29) is 23.1 Å². The zero-order valence-corrected chi connectivity index (χ0v) is 15.5. The van der Waals surface area contributed by atoms with Crippen LogP contribution < -0.4 is 10.9 Å². The van der Waals surface area contributed by atoms with Gasteiger partial charge in [0.2, 0.25) is 5.95 Å². The van der Waals surface area contributed by atoms with Crippen molar-refractivity contribution in [3.05, 3.63) is 74.6 Å². The number of nitro groups is 1. The monoisotopic (exact) mass is 410 g/mol. The zero-order valence-electron chi connectivity index (χ0n) is 15.5. The van der Waals surface area contributed by atoms with Crippen LogP contribution in [0.2, 0.25) is 0 Å². The van der Waals surface area contributed by atoms with Gasteiger partial charge < -0.3 is 14.2 Å². The standard InChI is InChI=1S/C18H14N6O6/c1-2-10-8-15(25)21-18(19-10)23-14(9-11(22-23)12-4-3-7-29-12)20-17(26)13-5-6-16(30-13)24(27)28/h3-9H,2H2,1H3,(H,20,26)(H,19,21,25). The highest BCUT2D eigenvalue weighted by Gasteiger charge is 2.21. The van der Waals surface area contributed by atoms with Gasteiger partial charge in [-0.15, -0.1) is 0 Å². The second-order valence-electron chi connectivity index (χ2n) is 6.07. The third-order valence-corrected chi connectivity index (χ3v) is 4.07. The van der Waals surface area contributed by atoms with E-state index in [1.165, 1.54) is 29.1 Å². The average molecular weight is 410 g/mol. The molecule has 0 fully saturated rings. The summed E-state index contributed by atoms with van der Waals surface area (Å²) in [5.74, 6) is -0.930. The maximum atomic E-state index is 12.5. The van der Waals surface area contributed by atoms with Gasteiger partial charge in [0.05, 0.1) is 12.3 Å². The summed E-state index contributed by atoms with van der Waals surface area (Å²) in [5.41, 5.74) is 0.513. The highest BCUT2D eigenvalue weighted by atomic mass is 16.6. The third-order valence-electron chi connectivity index (χ3n) is 4.07. The van der Waals surface area contributed by atoms with E-state index in [0.717, 1.165) is 6.07 Å². The van der Waals surface area contributed by atoms with Crippen LogP contribution in [0.25, 0.3) is 17.4 Å². The molecular formula is C18H14N6O6. The zero-order chi connectivity index (χ0) is 21.3. The Hall–Kier alpha value is -4.48.